The number of anilines is 1. The minimum absolute atomic E-state index is 0.0435. The summed E-state index contributed by atoms with van der Waals surface area (Å²) in [5.41, 5.74) is 0.382. The number of aliphatic hydroxyl groups excluding tert-OH is 1. The predicted octanol–water partition coefficient (Wildman–Crippen LogP) is 3.70. The van der Waals surface area contributed by atoms with Gasteiger partial charge in [-0.2, -0.15) is 0 Å². The van der Waals surface area contributed by atoms with Gasteiger partial charge in [0.1, 0.15) is 16.8 Å². The Labute approximate surface area is 217 Å². The molecule has 9 heteroatoms. The van der Waals surface area contributed by atoms with Gasteiger partial charge in [-0.25, -0.2) is 0 Å². The van der Waals surface area contributed by atoms with Gasteiger partial charge in [0, 0.05) is 19.2 Å². The third-order valence-electron chi connectivity index (χ3n) is 6.64. The van der Waals surface area contributed by atoms with Crippen LogP contribution in [0.4, 0.5) is 5.00 Å². The number of β-lactam (4-membered cyclic amide) rings is 1. The van der Waals surface area contributed by atoms with Crippen LogP contribution in [-0.4, -0.2) is 58.1 Å². The maximum atomic E-state index is 13.6. The van der Waals surface area contributed by atoms with Crippen LogP contribution in [0.5, 0.6) is 0 Å². The average Bonchev–Trinajstić information content (AvgIpc) is 3.45. The Kier molecular flexibility index (Phi) is 6.87. The number of fused-ring (bicyclic) bond motifs is 1. The monoisotopic (exact) mass is 522 g/mol. The van der Waals surface area contributed by atoms with Crippen molar-refractivity contribution in [2.75, 3.05) is 23.8 Å². The Morgan fingerprint density at radius 2 is 1.72 bits per heavy atom. The number of carbonyl (C=O) groups is 3. The van der Waals surface area contributed by atoms with Gasteiger partial charge in [0.05, 0.1) is 11.6 Å². The first kappa shape index (κ1) is 24.5. The highest BCUT2D eigenvalue weighted by molar-refractivity contribution is 8.00. The normalized spacial score (nSPS) is 23.1. The molecule has 2 fully saturated rings. The summed E-state index contributed by atoms with van der Waals surface area (Å²) in [4.78, 5) is 42.4. The van der Waals surface area contributed by atoms with Crippen molar-refractivity contribution in [1.29, 1.82) is 0 Å². The predicted molar refractivity (Wildman–Crippen MR) is 140 cm³/mol. The number of ether oxygens (including phenoxy) is 1. The number of esters is 1. The number of aliphatic hydroxyl groups is 1. The fourth-order valence-electron chi connectivity index (χ4n) is 4.70. The molecule has 2 aromatic carbocycles. The van der Waals surface area contributed by atoms with E-state index in [1.54, 1.807) is 4.90 Å². The van der Waals surface area contributed by atoms with E-state index in [0.717, 1.165) is 11.1 Å². The minimum atomic E-state index is -1.26. The van der Waals surface area contributed by atoms with Gasteiger partial charge in [-0.3, -0.25) is 19.3 Å². The summed E-state index contributed by atoms with van der Waals surface area (Å²) in [6.45, 7) is 1.05. The van der Waals surface area contributed by atoms with E-state index >= 15 is 0 Å². The number of nitrogens with zero attached hydrogens (tertiary/aromatic N) is 2. The topological polar surface area (TPSA) is 87.2 Å². The van der Waals surface area contributed by atoms with Crippen molar-refractivity contribution in [3.8, 4) is 0 Å². The number of hydrogen-bond donors (Lipinski definition) is 1. The highest BCUT2D eigenvalue weighted by Crippen LogP contribution is 2.46. The summed E-state index contributed by atoms with van der Waals surface area (Å²) in [6.07, 6.45) is -0.641. The molecule has 0 radical (unpaired) electrons. The molecular formula is C27H26N2O5S2. The summed E-state index contributed by atoms with van der Waals surface area (Å²) in [5, 5.41) is 12.7. The minimum Gasteiger partial charge on any atom is -0.452 e. The second-order valence-corrected chi connectivity index (χ2v) is 11.0. The van der Waals surface area contributed by atoms with Gasteiger partial charge in [-0.05, 0) is 28.6 Å². The van der Waals surface area contributed by atoms with Gasteiger partial charge < -0.3 is 14.7 Å². The van der Waals surface area contributed by atoms with Crippen LogP contribution in [0.2, 0.25) is 0 Å². The fraction of sp³-hybridized carbons (Fsp3) is 0.296. The highest BCUT2D eigenvalue weighted by Gasteiger charge is 2.60. The first-order valence-corrected chi connectivity index (χ1v) is 13.6. The maximum absolute atomic E-state index is 13.6. The van der Waals surface area contributed by atoms with E-state index in [-0.39, 0.29) is 29.5 Å². The van der Waals surface area contributed by atoms with Gasteiger partial charge in [-0.15, -0.1) is 23.1 Å². The van der Waals surface area contributed by atoms with E-state index in [1.165, 1.54) is 34.9 Å². The number of hydrogen-bond acceptors (Lipinski definition) is 7. The lowest BCUT2D eigenvalue weighted by Gasteiger charge is -2.56. The van der Waals surface area contributed by atoms with E-state index in [1.807, 2.05) is 78.2 Å². The Morgan fingerprint density at radius 3 is 2.25 bits per heavy atom. The van der Waals surface area contributed by atoms with E-state index in [9.17, 15) is 19.5 Å². The van der Waals surface area contributed by atoms with Gasteiger partial charge in [0.15, 0.2) is 6.10 Å². The Bertz CT molecular complexity index is 1200. The first-order valence-electron chi connectivity index (χ1n) is 11.6. The quantitative estimate of drug-likeness (QED) is 0.376. The first-order chi connectivity index (χ1) is 17.4. The van der Waals surface area contributed by atoms with Crippen molar-refractivity contribution < 1.29 is 24.2 Å². The summed E-state index contributed by atoms with van der Waals surface area (Å²) < 4.78 is 6.06. The molecule has 1 N–H and O–H groups in total. The lowest BCUT2D eigenvalue weighted by atomic mass is 9.87. The standard InChI is InChI=1S/C27H26N2O5S2/c1-18(31)29(21-13-8-14-35-21)22-24(32)28-15-27(16-30,17-36-25(22)28)26(33)34-23(19-9-4-2-5-10-19)20-11-6-3-7-12-20/h2-14,22-23,25,30H,15-17H2,1H3/t22?,25-,27?/m1/s1. The SMILES string of the molecule is CC(=O)N(c1cccs1)C1C(=O)N2CC(CO)(C(=O)OC(c3ccccc3)c3ccccc3)CS[C@H]12. The zero-order valence-corrected chi connectivity index (χ0v) is 21.3. The average molecular weight is 523 g/mol. The van der Waals surface area contributed by atoms with Crippen LogP contribution in [0.25, 0.3) is 0 Å². The van der Waals surface area contributed by atoms with Gasteiger partial charge in [0.25, 0.3) is 0 Å². The molecule has 0 spiro atoms. The van der Waals surface area contributed by atoms with E-state index < -0.39 is 30.1 Å². The third kappa shape index (κ3) is 4.31. The highest BCUT2D eigenvalue weighted by atomic mass is 32.2. The van der Waals surface area contributed by atoms with Crippen LogP contribution in [0.3, 0.4) is 0 Å². The van der Waals surface area contributed by atoms with Gasteiger partial charge >= 0.3 is 5.97 Å². The number of thiophene rings is 1. The van der Waals surface area contributed by atoms with Crippen molar-refractivity contribution in [3.05, 3.63) is 89.3 Å². The maximum Gasteiger partial charge on any atom is 0.318 e. The molecule has 2 aliphatic heterocycles. The molecule has 3 atom stereocenters. The van der Waals surface area contributed by atoms with E-state index in [4.69, 9.17) is 4.74 Å². The molecular weight excluding hydrogens is 496 g/mol. The van der Waals surface area contributed by atoms with Crippen LogP contribution in [-0.2, 0) is 19.1 Å². The Morgan fingerprint density at radius 1 is 1.08 bits per heavy atom. The van der Waals surface area contributed by atoms with Gasteiger partial charge in [0.2, 0.25) is 11.8 Å². The van der Waals surface area contributed by atoms with Gasteiger partial charge in [-0.1, -0.05) is 60.7 Å². The molecule has 36 heavy (non-hydrogen) atoms. The fourth-order valence-corrected chi connectivity index (χ4v) is 7.08. The van der Waals surface area contributed by atoms with Crippen molar-refractivity contribution in [1.82, 2.24) is 4.90 Å². The summed E-state index contributed by atoms with van der Waals surface area (Å²) in [6, 6.07) is 21.9. The molecule has 1 aromatic heterocycles. The lowest BCUT2D eigenvalue weighted by Crippen LogP contribution is -2.74. The molecule has 2 unspecified atom stereocenters. The van der Waals surface area contributed by atoms with Crippen LogP contribution >= 0.6 is 23.1 Å². The smallest absolute Gasteiger partial charge is 0.318 e. The molecule has 0 saturated carbocycles. The second-order valence-electron chi connectivity index (χ2n) is 9.00. The summed E-state index contributed by atoms with van der Waals surface area (Å²) >= 11 is 2.80. The largest absolute Gasteiger partial charge is 0.452 e. The molecule has 3 aromatic rings. The molecule has 2 saturated heterocycles. The number of amides is 2. The third-order valence-corrected chi connectivity index (χ3v) is 9.08. The second kappa shape index (κ2) is 10.1. The molecule has 0 bridgehead atoms. The lowest BCUT2D eigenvalue weighted by molar-refractivity contribution is -0.167. The number of thioether (sulfide) groups is 1. The Balaban J connectivity index is 1.36. The molecule has 2 aliphatic rings. The Hall–Kier alpha value is -3.14. The van der Waals surface area contributed by atoms with Crippen LogP contribution in [0.1, 0.15) is 24.2 Å². The van der Waals surface area contributed by atoms with E-state index in [2.05, 4.69) is 0 Å². The molecule has 0 aliphatic carbocycles. The molecule has 7 nitrogen and oxygen atoms in total. The molecule has 186 valence electrons. The van der Waals surface area contributed by atoms with E-state index in [0.29, 0.717) is 5.00 Å². The molecule has 5 rings (SSSR count). The molecule has 3 heterocycles. The summed E-state index contributed by atoms with van der Waals surface area (Å²) in [5.74, 6) is -0.710. The van der Waals surface area contributed by atoms with Crippen molar-refractivity contribution in [2.45, 2.75) is 24.4 Å². The van der Waals surface area contributed by atoms with Crippen molar-refractivity contribution in [3.63, 3.8) is 0 Å². The van der Waals surface area contributed by atoms with Crippen LogP contribution < -0.4 is 4.90 Å². The number of rotatable bonds is 7. The zero-order valence-electron chi connectivity index (χ0n) is 19.7. The zero-order chi connectivity index (χ0) is 25.3. The van der Waals surface area contributed by atoms with Crippen molar-refractivity contribution in [2.24, 2.45) is 5.41 Å². The number of benzene rings is 2. The van der Waals surface area contributed by atoms with Crippen molar-refractivity contribution >= 4 is 45.9 Å². The number of carbonyl (C=O) groups excluding carboxylic acids is 3. The summed E-state index contributed by atoms with van der Waals surface area (Å²) in [7, 11) is 0. The van der Waals surface area contributed by atoms with Crippen LogP contribution in [0, 0.1) is 5.41 Å². The molecule has 2 amide bonds. The van der Waals surface area contributed by atoms with Crippen LogP contribution in [0.15, 0.2) is 78.2 Å².